The van der Waals surface area contributed by atoms with Crippen LogP contribution in [0, 0.1) is 11.3 Å². The van der Waals surface area contributed by atoms with Gasteiger partial charge in [0.2, 0.25) is 0 Å². The number of hydrogen-bond donors (Lipinski definition) is 0. The van der Waals surface area contributed by atoms with E-state index >= 15 is 0 Å². The Morgan fingerprint density at radius 2 is 2.00 bits per heavy atom. The predicted molar refractivity (Wildman–Crippen MR) is 51.5 cm³/mol. The van der Waals surface area contributed by atoms with Crippen molar-refractivity contribution in [3.63, 3.8) is 0 Å². The van der Waals surface area contributed by atoms with E-state index in [-0.39, 0.29) is 10.9 Å². The Bertz CT molecular complexity index is 464. The van der Waals surface area contributed by atoms with Crippen molar-refractivity contribution >= 4 is 15.9 Å². The second-order valence-electron chi connectivity index (χ2n) is 2.96. The van der Waals surface area contributed by atoms with Crippen molar-refractivity contribution in [2.45, 2.75) is 17.9 Å². The molecule has 0 spiro atoms. The minimum Gasteiger partial charge on any atom is -0.251 e. The van der Waals surface area contributed by atoms with Crippen LogP contribution in [-0.4, -0.2) is 4.98 Å². The Morgan fingerprint density at radius 1 is 1.41 bits per heavy atom. The topological polar surface area (TPSA) is 36.7 Å². The number of hydrogen-bond acceptors (Lipinski definition) is 2. The lowest BCUT2D eigenvalue weighted by Gasteiger charge is -2.14. The van der Waals surface area contributed by atoms with Gasteiger partial charge in [-0.05, 0) is 5.56 Å². The van der Waals surface area contributed by atoms with Gasteiger partial charge in [0.1, 0.15) is 6.07 Å². The minimum atomic E-state index is -5.01. The van der Waals surface area contributed by atoms with Gasteiger partial charge in [0.25, 0.3) is 6.43 Å². The van der Waals surface area contributed by atoms with E-state index in [1.165, 1.54) is 6.07 Å². The largest absolute Gasteiger partial charge is 0.433 e. The molecule has 8 heteroatoms. The highest BCUT2D eigenvalue weighted by Crippen LogP contribution is 2.37. The van der Waals surface area contributed by atoms with E-state index in [2.05, 4.69) is 20.9 Å². The summed E-state index contributed by atoms with van der Waals surface area (Å²) in [6.45, 7) is 0. The van der Waals surface area contributed by atoms with Crippen molar-refractivity contribution in [1.29, 1.82) is 5.26 Å². The molecule has 0 saturated carbocycles. The lowest BCUT2D eigenvalue weighted by molar-refractivity contribution is -0.143. The first-order valence-corrected chi connectivity index (χ1v) is 5.28. The molecule has 0 fully saturated rings. The third-order valence-corrected chi connectivity index (χ3v) is 2.54. The van der Waals surface area contributed by atoms with Crippen LogP contribution < -0.4 is 0 Å². The van der Waals surface area contributed by atoms with Crippen LogP contribution in [0.3, 0.4) is 0 Å². The first-order chi connectivity index (χ1) is 7.82. The van der Waals surface area contributed by atoms with E-state index in [1.54, 1.807) is 0 Å². The first kappa shape index (κ1) is 13.8. The number of alkyl halides is 6. The Hall–Kier alpha value is -1.23. The summed E-state index contributed by atoms with van der Waals surface area (Å²) in [5, 5.41) is 8.64. The van der Waals surface area contributed by atoms with Crippen LogP contribution in [0.25, 0.3) is 0 Å². The Kier molecular flexibility index (Phi) is 4.03. The summed E-state index contributed by atoms with van der Waals surface area (Å²) in [6, 6.07) is 1.36. The van der Waals surface area contributed by atoms with Crippen molar-refractivity contribution < 1.29 is 22.0 Å². The molecule has 1 rings (SSSR count). The molecule has 1 aromatic heterocycles. The van der Waals surface area contributed by atoms with Crippen LogP contribution in [0.15, 0.2) is 6.20 Å². The van der Waals surface area contributed by atoms with Crippen LogP contribution in [0.5, 0.6) is 0 Å². The molecule has 0 N–H and O–H groups in total. The fraction of sp³-hybridized carbons (Fsp3) is 0.333. The maximum atomic E-state index is 12.6. The van der Waals surface area contributed by atoms with Crippen molar-refractivity contribution in [3.8, 4) is 6.07 Å². The van der Waals surface area contributed by atoms with Gasteiger partial charge in [-0.25, -0.2) is 8.78 Å². The highest BCUT2D eigenvalue weighted by Gasteiger charge is 2.39. The average molecular weight is 315 g/mol. The lowest BCUT2D eigenvalue weighted by atomic mass is 10.0. The minimum absolute atomic E-state index is 0.00389. The van der Waals surface area contributed by atoms with Gasteiger partial charge < -0.3 is 0 Å². The van der Waals surface area contributed by atoms with Gasteiger partial charge in [-0.3, -0.25) is 4.98 Å². The summed E-state index contributed by atoms with van der Waals surface area (Å²) in [6.07, 6.45) is -7.66. The molecule has 0 saturated heterocycles. The molecule has 0 aliphatic carbocycles. The quantitative estimate of drug-likeness (QED) is 0.615. The number of nitrogens with zero attached hydrogens (tertiary/aromatic N) is 2. The average Bonchev–Trinajstić information content (AvgIpc) is 2.25. The van der Waals surface area contributed by atoms with E-state index in [9.17, 15) is 22.0 Å². The molecule has 0 aromatic carbocycles. The first-order valence-electron chi connectivity index (χ1n) is 4.16. The normalized spacial score (nSPS) is 11.6. The molecule has 1 aromatic rings. The van der Waals surface area contributed by atoms with Crippen LogP contribution in [0.4, 0.5) is 22.0 Å². The zero-order chi connectivity index (χ0) is 13.2. The summed E-state index contributed by atoms with van der Waals surface area (Å²) in [5.74, 6) is 0. The number of aromatic nitrogens is 1. The maximum absolute atomic E-state index is 12.6. The maximum Gasteiger partial charge on any atom is 0.433 e. The standard InChI is InChI=1S/C9H4BrF5N2/c10-1-4-3-17-7(9(13,14)15)6(8(11)12)5(4)2-16/h3,8H,1H2. The fourth-order valence-electron chi connectivity index (χ4n) is 1.24. The van der Waals surface area contributed by atoms with Crippen molar-refractivity contribution in [2.75, 3.05) is 0 Å². The van der Waals surface area contributed by atoms with E-state index in [0.29, 0.717) is 0 Å². The molecule has 0 amide bonds. The summed E-state index contributed by atoms with van der Waals surface area (Å²) in [4.78, 5) is 2.96. The number of halogens is 6. The van der Waals surface area contributed by atoms with E-state index in [0.717, 1.165) is 6.20 Å². The van der Waals surface area contributed by atoms with Gasteiger partial charge in [-0.2, -0.15) is 18.4 Å². The van der Waals surface area contributed by atoms with Gasteiger partial charge in [0.15, 0.2) is 5.69 Å². The van der Waals surface area contributed by atoms with E-state index < -0.39 is 29.4 Å². The van der Waals surface area contributed by atoms with Gasteiger partial charge >= 0.3 is 6.18 Å². The van der Waals surface area contributed by atoms with E-state index in [4.69, 9.17) is 5.26 Å². The zero-order valence-corrected chi connectivity index (χ0v) is 9.61. The SMILES string of the molecule is N#Cc1c(CBr)cnc(C(F)(F)F)c1C(F)F. The monoisotopic (exact) mass is 314 g/mol. The van der Waals surface area contributed by atoms with Crippen LogP contribution in [0.1, 0.15) is 28.8 Å². The molecule has 0 radical (unpaired) electrons. The van der Waals surface area contributed by atoms with Crippen LogP contribution in [-0.2, 0) is 11.5 Å². The molecule has 0 aliphatic rings. The Labute approximate surface area is 101 Å². The second-order valence-corrected chi connectivity index (χ2v) is 3.53. The van der Waals surface area contributed by atoms with Crippen LogP contribution in [0.2, 0.25) is 0 Å². The number of rotatable bonds is 2. The molecule has 0 bridgehead atoms. The van der Waals surface area contributed by atoms with Crippen molar-refractivity contribution in [1.82, 2.24) is 4.98 Å². The Morgan fingerprint density at radius 3 is 2.35 bits per heavy atom. The van der Waals surface area contributed by atoms with Gasteiger partial charge in [0.05, 0.1) is 11.1 Å². The molecular formula is C9H4BrF5N2. The predicted octanol–water partition coefficient (Wildman–Crippen LogP) is 3.80. The smallest absolute Gasteiger partial charge is 0.251 e. The molecule has 0 unspecified atom stereocenters. The molecule has 17 heavy (non-hydrogen) atoms. The summed E-state index contributed by atoms with van der Waals surface area (Å²) < 4.78 is 62.6. The van der Waals surface area contributed by atoms with Crippen molar-refractivity contribution in [3.05, 3.63) is 28.6 Å². The van der Waals surface area contributed by atoms with Crippen LogP contribution >= 0.6 is 15.9 Å². The lowest BCUT2D eigenvalue weighted by Crippen LogP contribution is -2.15. The molecular weight excluding hydrogens is 311 g/mol. The zero-order valence-electron chi connectivity index (χ0n) is 8.02. The fourth-order valence-corrected chi connectivity index (χ4v) is 1.66. The number of nitriles is 1. The van der Waals surface area contributed by atoms with Gasteiger partial charge in [-0.15, -0.1) is 0 Å². The van der Waals surface area contributed by atoms with Gasteiger partial charge in [-0.1, -0.05) is 15.9 Å². The summed E-state index contributed by atoms with van der Waals surface area (Å²) in [7, 11) is 0. The van der Waals surface area contributed by atoms with Gasteiger partial charge in [0, 0.05) is 11.5 Å². The molecule has 92 valence electrons. The third kappa shape index (κ3) is 2.72. The molecule has 0 atom stereocenters. The second kappa shape index (κ2) is 4.96. The number of pyridine rings is 1. The van der Waals surface area contributed by atoms with Crippen molar-refractivity contribution in [2.24, 2.45) is 0 Å². The molecule has 2 nitrogen and oxygen atoms in total. The Balaban J connectivity index is 3.61. The third-order valence-electron chi connectivity index (χ3n) is 1.94. The summed E-state index contributed by atoms with van der Waals surface area (Å²) in [5.41, 5.74) is -3.76. The highest BCUT2D eigenvalue weighted by molar-refractivity contribution is 9.08. The molecule has 0 aliphatic heterocycles. The highest BCUT2D eigenvalue weighted by atomic mass is 79.9. The van der Waals surface area contributed by atoms with E-state index in [1.807, 2.05) is 0 Å². The summed E-state index contributed by atoms with van der Waals surface area (Å²) >= 11 is 2.89. The molecule has 1 heterocycles.